The zero-order chi connectivity index (χ0) is 13.1. The predicted octanol–water partition coefficient (Wildman–Crippen LogP) is 3.07. The number of anilines is 2. The van der Waals surface area contributed by atoms with E-state index in [4.69, 9.17) is 0 Å². The first-order chi connectivity index (χ1) is 9.31. The summed E-state index contributed by atoms with van der Waals surface area (Å²) < 4.78 is 0. The van der Waals surface area contributed by atoms with Crippen molar-refractivity contribution in [2.45, 2.75) is 6.92 Å². The van der Waals surface area contributed by atoms with Gasteiger partial charge in [-0.2, -0.15) is 0 Å². The summed E-state index contributed by atoms with van der Waals surface area (Å²) in [6.07, 6.45) is 3.81. The van der Waals surface area contributed by atoms with Gasteiger partial charge in [0.15, 0.2) is 17.5 Å². The number of rotatable bonds is 3. The molecular formula is C14H13N4S+. The fraction of sp³-hybridized carbons (Fsp3) is 0.0714. The minimum atomic E-state index is 0.820. The molecule has 3 rings (SSSR count). The Morgan fingerprint density at radius 2 is 2.11 bits per heavy atom. The Balaban J connectivity index is 1.82. The maximum atomic E-state index is 4.55. The smallest absolute Gasteiger partial charge is 0.188 e. The third-order valence-corrected chi connectivity index (χ3v) is 3.39. The molecule has 0 spiro atoms. The van der Waals surface area contributed by atoms with Crippen LogP contribution in [-0.2, 0) is 0 Å². The first-order valence-electron chi connectivity index (χ1n) is 5.94. The van der Waals surface area contributed by atoms with E-state index in [9.17, 15) is 0 Å². The summed E-state index contributed by atoms with van der Waals surface area (Å²) in [4.78, 5) is 12.0. The zero-order valence-corrected chi connectivity index (χ0v) is 11.2. The van der Waals surface area contributed by atoms with E-state index in [1.54, 1.807) is 11.3 Å². The average Bonchev–Trinajstić information content (AvgIpc) is 2.88. The van der Waals surface area contributed by atoms with Gasteiger partial charge in [-0.05, 0) is 25.1 Å². The molecule has 0 saturated heterocycles. The Morgan fingerprint density at radius 3 is 2.89 bits per heavy atom. The van der Waals surface area contributed by atoms with Crippen LogP contribution in [0.2, 0.25) is 0 Å². The van der Waals surface area contributed by atoms with Gasteiger partial charge in [-0.15, -0.1) is 11.3 Å². The van der Waals surface area contributed by atoms with Crippen LogP contribution in [0, 0.1) is 6.92 Å². The van der Waals surface area contributed by atoms with Crippen LogP contribution in [0.1, 0.15) is 5.69 Å². The lowest BCUT2D eigenvalue weighted by atomic mass is 10.2. The molecule has 0 radical (unpaired) electrons. The zero-order valence-electron chi connectivity index (χ0n) is 10.4. The monoisotopic (exact) mass is 269 g/mol. The van der Waals surface area contributed by atoms with Crippen LogP contribution in [0.5, 0.6) is 0 Å². The molecule has 0 bridgehead atoms. The third kappa shape index (κ3) is 2.77. The lowest BCUT2D eigenvalue weighted by Crippen LogP contribution is -1.98. The first kappa shape index (κ1) is 11.8. The Kier molecular flexibility index (Phi) is 3.20. The van der Waals surface area contributed by atoms with Crippen molar-refractivity contribution in [1.29, 1.82) is 0 Å². The number of H-pyrrole nitrogens is 1. The summed E-state index contributed by atoms with van der Waals surface area (Å²) in [5.41, 5.74) is 3.01. The molecule has 0 aliphatic carbocycles. The molecule has 3 heterocycles. The SMILES string of the molecule is Cc1cccc(Nc2nc(-c3ccc[nH+]c3)cs2)n1. The molecule has 4 nitrogen and oxygen atoms in total. The number of hydrogen-bond acceptors (Lipinski definition) is 4. The number of aromatic amines is 1. The predicted molar refractivity (Wildman–Crippen MR) is 76.4 cm³/mol. The van der Waals surface area contributed by atoms with Crippen LogP contribution in [0.3, 0.4) is 0 Å². The van der Waals surface area contributed by atoms with E-state index in [1.807, 2.05) is 55.0 Å². The van der Waals surface area contributed by atoms with Gasteiger partial charge < -0.3 is 5.32 Å². The summed E-state index contributed by atoms with van der Waals surface area (Å²) in [5.74, 6) is 0.820. The van der Waals surface area contributed by atoms with Gasteiger partial charge in [0.05, 0.1) is 11.3 Å². The lowest BCUT2D eigenvalue weighted by molar-refractivity contribution is -0.377. The van der Waals surface area contributed by atoms with E-state index in [1.165, 1.54) is 0 Å². The Labute approximate surface area is 115 Å². The van der Waals surface area contributed by atoms with Crippen LogP contribution >= 0.6 is 11.3 Å². The van der Waals surface area contributed by atoms with Crippen molar-refractivity contribution in [2.24, 2.45) is 0 Å². The quantitative estimate of drug-likeness (QED) is 0.795. The molecule has 5 heteroatoms. The molecule has 0 aliphatic heterocycles. The van der Waals surface area contributed by atoms with E-state index in [0.29, 0.717) is 0 Å². The molecular weight excluding hydrogens is 256 g/mol. The standard InChI is InChI=1S/C14H12N4S/c1-10-4-2-6-13(16-10)18-14-17-12(9-19-14)11-5-3-7-15-8-11/h2-9H,1H3,(H,16,17,18)/p+1. The second-order valence-corrected chi connectivity index (χ2v) is 4.98. The van der Waals surface area contributed by atoms with Crippen molar-refractivity contribution in [2.75, 3.05) is 5.32 Å². The molecule has 0 aromatic carbocycles. The van der Waals surface area contributed by atoms with Gasteiger partial charge in [-0.1, -0.05) is 6.07 Å². The maximum Gasteiger partial charge on any atom is 0.188 e. The molecule has 94 valence electrons. The highest BCUT2D eigenvalue weighted by Gasteiger charge is 2.06. The van der Waals surface area contributed by atoms with Crippen LogP contribution in [0.25, 0.3) is 11.3 Å². The minimum Gasteiger partial charge on any atom is -0.316 e. The van der Waals surface area contributed by atoms with E-state index < -0.39 is 0 Å². The highest BCUT2D eigenvalue weighted by atomic mass is 32.1. The number of nitrogens with zero attached hydrogens (tertiary/aromatic N) is 2. The highest BCUT2D eigenvalue weighted by Crippen LogP contribution is 2.25. The normalized spacial score (nSPS) is 10.4. The van der Waals surface area contributed by atoms with Gasteiger partial charge in [0.2, 0.25) is 0 Å². The third-order valence-electron chi connectivity index (χ3n) is 2.63. The van der Waals surface area contributed by atoms with Crippen molar-refractivity contribution in [1.82, 2.24) is 9.97 Å². The molecule has 0 fully saturated rings. The van der Waals surface area contributed by atoms with Crippen molar-refractivity contribution in [3.05, 3.63) is 53.8 Å². The molecule has 2 N–H and O–H groups in total. The number of aryl methyl sites for hydroxylation is 1. The number of aromatic nitrogens is 3. The lowest BCUT2D eigenvalue weighted by Gasteiger charge is -2.01. The minimum absolute atomic E-state index is 0.820. The van der Waals surface area contributed by atoms with Gasteiger partial charge in [0.1, 0.15) is 5.82 Å². The van der Waals surface area contributed by atoms with Crippen LogP contribution in [-0.4, -0.2) is 9.97 Å². The molecule has 0 amide bonds. The van der Waals surface area contributed by atoms with Gasteiger partial charge in [0.25, 0.3) is 0 Å². The number of pyridine rings is 2. The van der Waals surface area contributed by atoms with Crippen molar-refractivity contribution < 1.29 is 4.98 Å². The topological polar surface area (TPSA) is 52.0 Å². The maximum absolute atomic E-state index is 4.55. The molecule has 0 aliphatic rings. The Bertz CT molecular complexity index is 679. The van der Waals surface area contributed by atoms with Crippen LogP contribution < -0.4 is 10.3 Å². The largest absolute Gasteiger partial charge is 0.316 e. The van der Waals surface area contributed by atoms with Crippen molar-refractivity contribution in [3.8, 4) is 11.3 Å². The van der Waals surface area contributed by atoms with Crippen molar-refractivity contribution >= 4 is 22.3 Å². The summed E-state index contributed by atoms with van der Waals surface area (Å²) in [5, 5.41) is 6.09. The number of nitrogens with one attached hydrogen (secondary N) is 2. The summed E-state index contributed by atoms with van der Waals surface area (Å²) >= 11 is 1.57. The van der Waals surface area contributed by atoms with Crippen LogP contribution in [0.15, 0.2) is 48.1 Å². The Hall–Kier alpha value is -2.27. The molecule has 0 unspecified atom stereocenters. The van der Waals surface area contributed by atoms with Crippen molar-refractivity contribution in [3.63, 3.8) is 0 Å². The number of hydrogen-bond donors (Lipinski definition) is 1. The average molecular weight is 269 g/mol. The summed E-state index contributed by atoms with van der Waals surface area (Å²) in [6, 6.07) is 9.87. The molecule has 3 aromatic rings. The fourth-order valence-corrected chi connectivity index (χ4v) is 2.47. The van der Waals surface area contributed by atoms with E-state index in [2.05, 4.69) is 20.3 Å². The summed E-state index contributed by atoms with van der Waals surface area (Å²) in [6.45, 7) is 1.97. The van der Waals surface area contributed by atoms with E-state index in [0.717, 1.165) is 27.9 Å². The first-order valence-corrected chi connectivity index (χ1v) is 6.82. The van der Waals surface area contributed by atoms with Gasteiger partial charge in [-0.3, -0.25) is 0 Å². The molecule has 0 saturated carbocycles. The second kappa shape index (κ2) is 5.16. The Morgan fingerprint density at radius 1 is 1.16 bits per heavy atom. The molecule has 19 heavy (non-hydrogen) atoms. The van der Waals surface area contributed by atoms with Gasteiger partial charge in [-0.25, -0.2) is 15.0 Å². The highest BCUT2D eigenvalue weighted by molar-refractivity contribution is 7.14. The van der Waals surface area contributed by atoms with Gasteiger partial charge in [0, 0.05) is 17.1 Å². The van der Waals surface area contributed by atoms with E-state index >= 15 is 0 Å². The van der Waals surface area contributed by atoms with E-state index in [-0.39, 0.29) is 0 Å². The summed E-state index contributed by atoms with van der Waals surface area (Å²) in [7, 11) is 0. The van der Waals surface area contributed by atoms with Gasteiger partial charge >= 0.3 is 0 Å². The van der Waals surface area contributed by atoms with Crippen LogP contribution in [0.4, 0.5) is 10.9 Å². The molecule has 3 aromatic heterocycles. The fourth-order valence-electron chi connectivity index (χ4n) is 1.74. The molecule has 0 atom stereocenters. The number of thiazole rings is 1. The second-order valence-electron chi connectivity index (χ2n) is 4.12.